The second kappa shape index (κ2) is 44.8. The summed E-state index contributed by atoms with van der Waals surface area (Å²) >= 11 is 0. The van der Waals surface area contributed by atoms with Crippen molar-refractivity contribution in [2.24, 2.45) is 23.2 Å². The number of Topliss-reactive ketones (excluding diaryl/α,β-unsaturated/α-hetero) is 2. The Labute approximate surface area is 672 Å². The Morgan fingerprint density at radius 3 is 1.72 bits per heavy atom. The number of anilines is 1. The zero-order valence-corrected chi connectivity index (χ0v) is 67.1. The number of hydrogen-bond acceptors (Lipinski definition) is 24. The predicted octanol–water partition coefficient (Wildman–Crippen LogP) is 8.60. The minimum Gasteiger partial charge on any atom is -0.497 e. The van der Waals surface area contributed by atoms with Crippen LogP contribution in [0.15, 0.2) is 91.1 Å². The second-order valence-corrected chi connectivity index (χ2v) is 30.0. The van der Waals surface area contributed by atoms with Gasteiger partial charge in [-0.2, -0.15) is 0 Å². The Morgan fingerprint density at radius 1 is 0.600 bits per heavy atom. The zero-order chi connectivity index (χ0) is 81.6. The van der Waals surface area contributed by atoms with Gasteiger partial charge >= 0.3 is 6.09 Å². The molecule has 1 spiro atoms. The topological polar surface area (TPSA) is 337 Å². The van der Waals surface area contributed by atoms with Gasteiger partial charge in [0.15, 0.2) is 46.6 Å². The molecule has 29 nitrogen and oxygen atoms in total. The Balaban J connectivity index is 0.566. The summed E-state index contributed by atoms with van der Waals surface area (Å²) in [5.74, 6) is -1.11. The third-order valence-corrected chi connectivity index (χ3v) is 21.5. The first-order valence-electron chi connectivity index (χ1n) is 40.2. The quantitative estimate of drug-likeness (QED) is 0.0275. The molecule has 10 rings (SSSR count). The fraction of sp³-hybridized carbons (Fsp3) is 0.570. The van der Waals surface area contributed by atoms with Crippen LogP contribution in [0.2, 0.25) is 0 Å². The van der Waals surface area contributed by atoms with Crippen LogP contribution in [0.3, 0.4) is 0 Å². The lowest BCUT2D eigenvalue weighted by molar-refractivity contribution is -0.133. The molecule has 1 saturated heterocycles. The molecule has 0 bridgehead atoms. The standard InChI is InChI=1S/C86H113N5O24/c1-57(2)68(49-65(92)24-30-105-32-34-107-36-38-109-40-42-111-44-45-112-43-41-110-39-37-108-35-33-106-31-27-87-80(96)23-20-67-73(93)21-22-74(67)94)81(97)88-58(3)75(95)46-59-10-12-60(13-11-59)55-115-85(101)91-71-52-79(77(104-6)51-70(71)83(99)90-56-86(25-26-86)53-72(90)84(91)100)114-29-9-7-8-28-113-78-48-62-14-17-64-47-63(61-15-18-66(102-4)19-16-61)54-89(64)82(98)69(62)50-76(78)103-5/h10-13,15-16,18-19,21-22,48,50-52,54,57-58,64,67-68,72,84,100H,7-9,14,17,20,23-47,49,53,55-56H2,1-6H3,(H,87,96)(H,88,97)/t58-,64+,68+,72-,84?/m0/s1. The smallest absolute Gasteiger partial charge is 0.416 e. The summed E-state index contributed by atoms with van der Waals surface area (Å²) in [6.45, 7) is 12.3. The molecule has 4 aromatic carbocycles. The van der Waals surface area contributed by atoms with Crippen molar-refractivity contribution >= 4 is 64.1 Å². The van der Waals surface area contributed by atoms with Crippen molar-refractivity contribution in [3.63, 3.8) is 0 Å². The zero-order valence-electron chi connectivity index (χ0n) is 67.1. The highest BCUT2D eigenvalue weighted by atomic mass is 16.6. The first kappa shape index (κ1) is 88.2. The van der Waals surface area contributed by atoms with E-state index in [1.807, 2.05) is 55.3 Å². The summed E-state index contributed by atoms with van der Waals surface area (Å²) in [5, 5.41) is 17.7. The molecule has 2 aliphatic carbocycles. The van der Waals surface area contributed by atoms with Crippen molar-refractivity contribution in [2.45, 2.75) is 142 Å². The van der Waals surface area contributed by atoms with E-state index in [1.165, 1.54) is 19.3 Å². The van der Waals surface area contributed by atoms with Gasteiger partial charge in [0.1, 0.15) is 18.1 Å². The number of rotatable bonds is 52. The first-order chi connectivity index (χ1) is 55.8. The van der Waals surface area contributed by atoms with Crippen LogP contribution in [0.1, 0.15) is 141 Å². The number of nitrogens with one attached hydrogen (secondary N) is 2. The number of aryl methyl sites for hydroxylation is 1. The number of carbonyl (C=O) groups excluding carboxylic acids is 9. The van der Waals surface area contributed by atoms with Crippen LogP contribution in [0.5, 0.6) is 28.7 Å². The van der Waals surface area contributed by atoms with Gasteiger partial charge in [0.05, 0.1) is 170 Å². The van der Waals surface area contributed by atoms with Crippen molar-refractivity contribution in [1.29, 1.82) is 0 Å². The molecule has 115 heavy (non-hydrogen) atoms. The number of fused-ring (bicyclic) bond motifs is 4. The van der Waals surface area contributed by atoms with E-state index in [0.717, 1.165) is 59.5 Å². The van der Waals surface area contributed by atoms with Gasteiger partial charge < -0.3 is 91.9 Å². The molecule has 1 saturated carbocycles. The molecule has 1 unspecified atom stereocenters. The van der Waals surface area contributed by atoms with Crippen LogP contribution < -0.4 is 39.2 Å². The summed E-state index contributed by atoms with van der Waals surface area (Å²) in [6, 6.07) is 20.2. The molecular formula is C86H113N5O24. The predicted molar refractivity (Wildman–Crippen MR) is 421 cm³/mol. The molecule has 4 heterocycles. The van der Waals surface area contributed by atoms with Gasteiger partial charge in [0.25, 0.3) is 11.8 Å². The van der Waals surface area contributed by atoms with Crippen LogP contribution in [0.4, 0.5) is 10.5 Å². The average Bonchev–Trinajstić information content (AvgIpc) is 1.57. The van der Waals surface area contributed by atoms with Crippen molar-refractivity contribution in [2.75, 3.05) is 158 Å². The summed E-state index contributed by atoms with van der Waals surface area (Å²) < 4.78 is 79.7. The van der Waals surface area contributed by atoms with Crippen molar-refractivity contribution < 1.29 is 115 Å². The number of unbranched alkanes of at least 4 members (excludes halogenated alkanes) is 2. The monoisotopic (exact) mass is 1600 g/mol. The summed E-state index contributed by atoms with van der Waals surface area (Å²) in [4.78, 5) is 123. The van der Waals surface area contributed by atoms with Crippen LogP contribution in [-0.2, 0) is 90.8 Å². The van der Waals surface area contributed by atoms with Gasteiger partial charge in [-0.15, -0.1) is 0 Å². The highest BCUT2D eigenvalue weighted by molar-refractivity contribution is 6.18. The first-order valence-corrected chi connectivity index (χ1v) is 40.2. The van der Waals surface area contributed by atoms with E-state index in [4.69, 9.17) is 66.3 Å². The lowest BCUT2D eigenvalue weighted by atomic mass is 9.88. The number of aliphatic hydroxyl groups excluding tert-OH is 1. The fourth-order valence-corrected chi connectivity index (χ4v) is 14.6. The number of ketones is 4. The number of allylic oxidation sites excluding steroid dienone is 2. The maximum Gasteiger partial charge on any atom is 0.416 e. The molecule has 3 N–H and O–H groups in total. The lowest BCUT2D eigenvalue weighted by Crippen LogP contribution is -2.50. The highest BCUT2D eigenvalue weighted by Gasteiger charge is 2.58. The van der Waals surface area contributed by atoms with Gasteiger partial charge in [0, 0.05) is 68.6 Å². The van der Waals surface area contributed by atoms with Gasteiger partial charge in [-0.3, -0.25) is 38.4 Å². The molecule has 0 aromatic heterocycles. The number of aliphatic hydroxyl groups is 1. The Kier molecular flexibility index (Phi) is 34.4. The average molecular weight is 1600 g/mol. The molecule has 2 fully saturated rings. The van der Waals surface area contributed by atoms with E-state index in [2.05, 4.69) is 10.6 Å². The molecule has 0 radical (unpaired) electrons. The number of nitrogens with zero attached hydrogens (tertiary/aromatic N) is 3. The van der Waals surface area contributed by atoms with Crippen molar-refractivity contribution in [3.8, 4) is 28.7 Å². The molecule has 5 amide bonds. The number of ether oxygens (including phenoxy) is 14. The van der Waals surface area contributed by atoms with Gasteiger partial charge in [-0.25, -0.2) is 9.69 Å². The third kappa shape index (κ3) is 25.7. The minimum absolute atomic E-state index is 0.00374. The summed E-state index contributed by atoms with van der Waals surface area (Å²) in [5.41, 5.74) is 5.11. The second-order valence-electron chi connectivity index (χ2n) is 30.0. The van der Waals surface area contributed by atoms with Gasteiger partial charge in [-0.05, 0) is 153 Å². The normalized spacial score (nSPS) is 17.8. The molecular weight excluding hydrogens is 1490 g/mol. The molecule has 6 aliphatic rings. The SMILES string of the molecule is COc1ccc(C2=CN3C(=O)c4cc(OC)c(OCCCCCOc5cc6c(cc5OC)C(=O)N5CC7(CC7)C[C@H]5C(O)N6C(=O)OCc5ccc(CC(=O)[C@H](C)NC(=O)[C@H](CC(=O)CCOCCOCCOCCOCCOCCOCCOCCOCCNC(=O)CCC6C(=O)C=CC6=O)C(C)C)cc5)cc4CC[C@@H]3C2)cc1. The lowest BCUT2D eigenvalue weighted by Gasteiger charge is -2.31. The summed E-state index contributed by atoms with van der Waals surface area (Å²) in [6.07, 6.45) is 9.19. The van der Waals surface area contributed by atoms with E-state index >= 15 is 0 Å². The highest BCUT2D eigenvalue weighted by Crippen LogP contribution is 2.57. The molecule has 5 atom stereocenters. The fourth-order valence-electron chi connectivity index (χ4n) is 14.6. The van der Waals surface area contributed by atoms with E-state index in [1.54, 1.807) is 68.5 Å². The van der Waals surface area contributed by atoms with Crippen LogP contribution >= 0.6 is 0 Å². The number of carbonyl (C=O) groups is 9. The van der Waals surface area contributed by atoms with E-state index in [0.29, 0.717) is 166 Å². The van der Waals surface area contributed by atoms with Gasteiger partial charge in [0.2, 0.25) is 11.8 Å². The number of benzene rings is 4. The largest absolute Gasteiger partial charge is 0.497 e. The number of amides is 5. The van der Waals surface area contributed by atoms with E-state index in [9.17, 15) is 48.3 Å². The Hall–Kier alpha value is -9.17. The summed E-state index contributed by atoms with van der Waals surface area (Å²) in [7, 11) is 4.68. The number of hydrogen-bond donors (Lipinski definition) is 3. The maximum absolute atomic E-state index is 14.5. The van der Waals surface area contributed by atoms with Crippen LogP contribution in [-0.4, -0.2) is 245 Å². The number of methoxy groups -OCH3 is 3. The third-order valence-electron chi connectivity index (χ3n) is 21.5. The van der Waals surface area contributed by atoms with Gasteiger partial charge in [-0.1, -0.05) is 50.2 Å². The van der Waals surface area contributed by atoms with E-state index < -0.39 is 42.1 Å². The molecule has 4 aromatic rings. The van der Waals surface area contributed by atoms with Crippen molar-refractivity contribution in [1.82, 2.24) is 20.4 Å². The van der Waals surface area contributed by atoms with E-state index in [-0.39, 0.29) is 140 Å². The minimum atomic E-state index is -1.44. The molecule has 29 heteroatoms. The molecule has 626 valence electrons. The maximum atomic E-state index is 14.5. The molecule has 4 aliphatic heterocycles. The van der Waals surface area contributed by atoms with Crippen LogP contribution in [0.25, 0.3) is 5.57 Å². The van der Waals surface area contributed by atoms with Crippen LogP contribution in [0, 0.1) is 23.2 Å². The van der Waals surface area contributed by atoms with Crippen molar-refractivity contribution in [3.05, 3.63) is 125 Å². The Bertz CT molecular complexity index is 3970. The Morgan fingerprint density at radius 2 is 1.16 bits per heavy atom.